The first-order valence-corrected chi connectivity index (χ1v) is 7.74. The van der Waals surface area contributed by atoms with Crippen molar-refractivity contribution >= 4 is 0 Å². The van der Waals surface area contributed by atoms with Gasteiger partial charge in [-0.2, -0.15) is 0 Å². The molecule has 0 saturated heterocycles. The lowest BCUT2D eigenvalue weighted by Gasteiger charge is -2.20. The van der Waals surface area contributed by atoms with Gasteiger partial charge in [-0.15, -0.1) is 0 Å². The number of hydrogen-bond donors (Lipinski definition) is 1. The van der Waals surface area contributed by atoms with Crippen LogP contribution in [0.5, 0.6) is 0 Å². The van der Waals surface area contributed by atoms with Crippen molar-refractivity contribution in [3.05, 3.63) is 71.0 Å². The number of aryl methyl sites for hydroxylation is 2. The fraction of sp³-hybridized carbons (Fsp3) is 0.368. The third-order valence-electron chi connectivity index (χ3n) is 3.88. The van der Waals surface area contributed by atoms with Gasteiger partial charge in [-0.3, -0.25) is 0 Å². The topological polar surface area (TPSA) is 12.0 Å². The van der Waals surface area contributed by atoms with Crippen molar-refractivity contribution in [1.29, 1.82) is 0 Å². The van der Waals surface area contributed by atoms with Crippen molar-refractivity contribution in [1.82, 2.24) is 5.32 Å². The Morgan fingerprint density at radius 1 is 1.05 bits per heavy atom. The highest BCUT2D eigenvalue weighted by atomic mass is 19.1. The quantitative estimate of drug-likeness (QED) is 0.770. The standard InChI is InChI=1S/C19H24FN/c1-3-14-21-19(17-10-6-7-11-18(17)20)13-12-16-9-5-4-8-15(16)2/h4-11,19,21H,3,12-14H2,1-2H3. The second-order valence-electron chi connectivity index (χ2n) is 5.49. The van der Waals surface area contributed by atoms with Crippen molar-refractivity contribution in [3.63, 3.8) is 0 Å². The van der Waals surface area contributed by atoms with Gasteiger partial charge in [0.1, 0.15) is 5.82 Å². The molecular formula is C19H24FN. The lowest BCUT2D eigenvalue weighted by Crippen LogP contribution is -2.23. The highest BCUT2D eigenvalue weighted by Gasteiger charge is 2.14. The van der Waals surface area contributed by atoms with Gasteiger partial charge < -0.3 is 5.32 Å². The van der Waals surface area contributed by atoms with E-state index in [1.54, 1.807) is 12.1 Å². The minimum atomic E-state index is -0.115. The molecule has 0 aliphatic carbocycles. The molecule has 0 aliphatic heterocycles. The van der Waals surface area contributed by atoms with Gasteiger partial charge in [0.05, 0.1) is 0 Å². The minimum Gasteiger partial charge on any atom is -0.310 e. The Balaban J connectivity index is 2.10. The number of halogens is 1. The van der Waals surface area contributed by atoms with Crippen LogP contribution in [0.2, 0.25) is 0 Å². The third kappa shape index (κ3) is 4.40. The Bertz CT molecular complexity index is 565. The first kappa shape index (κ1) is 15.7. The summed E-state index contributed by atoms with van der Waals surface area (Å²) in [4.78, 5) is 0. The molecule has 0 spiro atoms. The SMILES string of the molecule is CCCNC(CCc1ccccc1C)c1ccccc1F. The van der Waals surface area contributed by atoms with Gasteiger partial charge in [-0.1, -0.05) is 49.4 Å². The summed E-state index contributed by atoms with van der Waals surface area (Å²) in [6, 6.07) is 15.6. The molecule has 0 aliphatic rings. The van der Waals surface area contributed by atoms with Crippen molar-refractivity contribution in [2.24, 2.45) is 0 Å². The summed E-state index contributed by atoms with van der Waals surface area (Å²) in [5.41, 5.74) is 3.43. The zero-order valence-electron chi connectivity index (χ0n) is 12.9. The number of hydrogen-bond acceptors (Lipinski definition) is 1. The van der Waals surface area contributed by atoms with Crippen LogP contribution in [0.1, 0.15) is 42.5 Å². The van der Waals surface area contributed by atoms with Crippen LogP contribution in [0.3, 0.4) is 0 Å². The van der Waals surface area contributed by atoms with Crippen molar-refractivity contribution < 1.29 is 4.39 Å². The van der Waals surface area contributed by atoms with E-state index in [0.29, 0.717) is 0 Å². The molecule has 1 unspecified atom stereocenters. The van der Waals surface area contributed by atoms with E-state index in [-0.39, 0.29) is 11.9 Å². The Labute approximate surface area is 127 Å². The predicted molar refractivity (Wildman–Crippen MR) is 86.9 cm³/mol. The van der Waals surface area contributed by atoms with Gasteiger partial charge in [0.15, 0.2) is 0 Å². The summed E-state index contributed by atoms with van der Waals surface area (Å²) >= 11 is 0. The van der Waals surface area contributed by atoms with E-state index in [9.17, 15) is 4.39 Å². The molecule has 0 aromatic heterocycles. The van der Waals surface area contributed by atoms with Gasteiger partial charge >= 0.3 is 0 Å². The van der Waals surface area contributed by atoms with Crippen LogP contribution in [0.15, 0.2) is 48.5 Å². The molecule has 2 aromatic rings. The summed E-state index contributed by atoms with van der Waals surface area (Å²) < 4.78 is 14.0. The molecule has 1 atom stereocenters. The average molecular weight is 285 g/mol. The van der Waals surface area contributed by atoms with Crippen LogP contribution in [0, 0.1) is 12.7 Å². The lowest BCUT2D eigenvalue weighted by atomic mass is 9.96. The molecule has 0 heterocycles. The highest BCUT2D eigenvalue weighted by Crippen LogP contribution is 2.23. The summed E-state index contributed by atoms with van der Waals surface area (Å²) in [6.45, 7) is 5.17. The summed E-state index contributed by atoms with van der Waals surface area (Å²) in [7, 11) is 0. The third-order valence-corrected chi connectivity index (χ3v) is 3.88. The Kier molecular flexibility index (Phi) is 5.94. The van der Waals surface area contributed by atoms with Crippen LogP contribution in [0.4, 0.5) is 4.39 Å². The fourth-order valence-electron chi connectivity index (χ4n) is 2.63. The van der Waals surface area contributed by atoms with Crippen LogP contribution in [0.25, 0.3) is 0 Å². The number of nitrogens with one attached hydrogen (secondary N) is 1. The Morgan fingerprint density at radius 2 is 1.76 bits per heavy atom. The zero-order valence-corrected chi connectivity index (χ0v) is 12.9. The molecular weight excluding hydrogens is 261 g/mol. The van der Waals surface area contributed by atoms with E-state index in [2.05, 4.69) is 43.4 Å². The van der Waals surface area contributed by atoms with Gasteiger partial charge in [0.25, 0.3) is 0 Å². The second kappa shape index (κ2) is 7.94. The molecule has 0 bridgehead atoms. The maximum Gasteiger partial charge on any atom is 0.127 e. The van der Waals surface area contributed by atoms with E-state index in [0.717, 1.165) is 31.4 Å². The smallest absolute Gasteiger partial charge is 0.127 e. The minimum absolute atomic E-state index is 0.0748. The molecule has 2 rings (SSSR count). The van der Waals surface area contributed by atoms with Crippen molar-refractivity contribution in [2.75, 3.05) is 6.54 Å². The predicted octanol–water partition coefficient (Wildman–Crippen LogP) is 4.81. The molecule has 1 nitrogen and oxygen atoms in total. The number of rotatable bonds is 7. The maximum atomic E-state index is 14.0. The van der Waals surface area contributed by atoms with Crippen molar-refractivity contribution in [3.8, 4) is 0 Å². The van der Waals surface area contributed by atoms with Gasteiger partial charge in [0.2, 0.25) is 0 Å². The Morgan fingerprint density at radius 3 is 2.48 bits per heavy atom. The van der Waals surface area contributed by atoms with E-state index < -0.39 is 0 Å². The van der Waals surface area contributed by atoms with Crippen LogP contribution >= 0.6 is 0 Å². The van der Waals surface area contributed by atoms with E-state index in [1.165, 1.54) is 11.1 Å². The maximum absolute atomic E-state index is 14.0. The molecule has 0 fully saturated rings. The molecule has 112 valence electrons. The fourth-order valence-corrected chi connectivity index (χ4v) is 2.63. The average Bonchev–Trinajstić information content (AvgIpc) is 2.50. The molecule has 1 N–H and O–H groups in total. The lowest BCUT2D eigenvalue weighted by molar-refractivity contribution is 0.473. The summed E-state index contributed by atoms with van der Waals surface area (Å²) in [6.07, 6.45) is 2.92. The highest BCUT2D eigenvalue weighted by molar-refractivity contribution is 5.27. The largest absolute Gasteiger partial charge is 0.310 e. The zero-order chi connectivity index (χ0) is 15.1. The van der Waals surface area contributed by atoms with Gasteiger partial charge in [0, 0.05) is 11.6 Å². The number of benzene rings is 2. The molecule has 21 heavy (non-hydrogen) atoms. The first-order valence-electron chi connectivity index (χ1n) is 7.74. The van der Waals surface area contributed by atoms with E-state index >= 15 is 0 Å². The molecule has 2 heteroatoms. The second-order valence-corrected chi connectivity index (χ2v) is 5.49. The molecule has 0 amide bonds. The molecule has 2 aromatic carbocycles. The van der Waals surface area contributed by atoms with E-state index in [1.807, 2.05) is 12.1 Å². The summed E-state index contributed by atoms with van der Waals surface area (Å²) in [5, 5.41) is 3.48. The summed E-state index contributed by atoms with van der Waals surface area (Å²) in [5.74, 6) is -0.115. The van der Waals surface area contributed by atoms with Crippen LogP contribution in [-0.2, 0) is 6.42 Å². The molecule has 0 saturated carbocycles. The molecule has 0 radical (unpaired) electrons. The van der Waals surface area contributed by atoms with Gasteiger partial charge in [-0.05, 0) is 49.9 Å². The Hall–Kier alpha value is -1.67. The van der Waals surface area contributed by atoms with E-state index in [4.69, 9.17) is 0 Å². The van der Waals surface area contributed by atoms with Crippen molar-refractivity contribution in [2.45, 2.75) is 39.2 Å². The normalized spacial score (nSPS) is 12.3. The monoisotopic (exact) mass is 285 g/mol. The van der Waals surface area contributed by atoms with Crippen LogP contribution in [-0.4, -0.2) is 6.54 Å². The first-order chi connectivity index (χ1) is 10.2. The van der Waals surface area contributed by atoms with Crippen LogP contribution < -0.4 is 5.32 Å². The van der Waals surface area contributed by atoms with Gasteiger partial charge in [-0.25, -0.2) is 4.39 Å².